The van der Waals surface area contributed by atoms with E-state index in [9.17, 15) is 24.0 Å². The van der Waals surface area contributed by atoms with E-state index in [4.69, 9.17) is 25.8 Å². The second-order valence-electron chi connectivity index (χ2n) is 15.2. The molecule has 0 aromatic heterocycles. The highest BCUT2D eigenvalue weighted by molar-refractivity contribution is 6.25. The van der Waals surface area contributed by atoms with Gasteiger partial charge in [-0.3, -0.25) is 39.1 Å². The Morgan fingerprint density at radius 3 is 2.08 bits per heavy atom. The van der Waals surface area contributed by atoms with Crippen molar-refractivity contribution in [2.24, 2.45) is 0 Å². The van der Waals surface area contributed by atoms with Crippen molar-refractivity contribution in [2.45, 2.75) is 31.7 Å². The Morgan fingerprint density at radius 2 is 1.39 bits per heavy atom. The van der Waals surface area contributed by atoms with Crippen LogP contribution in [0, 0.1) is 0 Å². The van der Waals surface area contributed by atoms with E-state index in [1.165, 1.54) is 5.57 Å². The maximum Gasteiger partial charge on any atom is 0.264 e. The number of nitrogens with one attached hydrogen (secondary N) is 2. The number of carbonyl (C=O) groups is 5. The first-order valence-electron chi connectivity index (χ1n) is 21.2. The fourth-order valence-electron chi connectivity index (χ4n) is 8.06. The van der Waals surface area contributed by atoms with Gasteiger partial charge in [-0.1, -0.05) is 78.9 Å². The molecule has 13 nitrogen and oxygen atoms in total. The third-order valence-corrected chi connectivity index (χ3v) is 11.4. The number of allylic oxidation sites excluding steroid dienone is 1. The molecule has 3 aliphatic rings. The Morgan fingerprint density at radius 1 is 0.710 bits per heavy atom. The number of rotatable bonds is 20. The summed E-state index contributed by atoms with van der Waals surface area (Å²) >= 11 is 6.32. The van der Waals surface area contributed by atoms with Crippen molar-refractivity contribution in [2.75, 3.05) is 83.5 Å². The predicted octanol–water partition coefficient (Wildman–Crippen LogP) is 5.73. The number of alkyl halides is 1. The summed E-state index contributed by atoms with van der Waals surface area (Å²) < 4.78 is 17.5. The third kappa shape index (κ3) is 11.0. The highest BCUT2D eigenvalue weighted by atomic mass is 35.5. The van der Waals surface area contributed by atoms with Gasteiger partial charge in [-0.2, -0.15) is 0 Å². The van der Waals surface area contributed by atoms with Gasteiger partial charge in [0.05, 0.1) is 44.0 Å². The minimum Gasteiger partial charge on any atom is -0.492 e. The molecule has 1 atom stereocenters. The van der Waals surface area contributed by atoms with E-state index < -0.39 is 29.7 Å². The Kier molecular flexibility index (Phi) is 15.5. The van der Waals surface area contributed by atoms with Crippen LogP contribution in [0.25, 0.3) is 11.1 Å². The minimum absolute atomic E-state index is 0.0583. The lowest BCUT2D eigenvalue weighted by atomic mass is 9.88. The summed E-state index contributed by atoms with van der Waals surface area (Å²) in [5.74, 6) is -0.798. The number of fused-ring (bicyclic) bond motifs is 1. The highest BCUT2D eigenvalue weighted by Crippen LogP contribution is 2.36. The molecule has 2 fully saturated rings. The molecule has 7 rings (SSSR count). The average molecular weight is 862 g/mol. The number of imide groups is 2. The van der Waals surface area contributed by atoms with E-state index in [0.717, 1.165) is 59.0 Å². The van der Waals surface area contributed by atoms with Crippen molar-refractivity contribution in [3.63, 3.8) is 0 Å². The van der Waals surface area contributed by atoms with Gasteiger partial charge in [0.15, 0.2) is 0 Å². The molecule has 0 aliphatic carbocycles. The van der Waals surface area contributed by atoms with Gasteiger partial charge in [-0.25, -0.2) is 0 Å². The number of piperazine rings is 1. The molecule has 324 valence electrons. The van der Waals surface area contributed by atoms with Crippen LogP contribution in [0.15, 0.2) is 103 Å². The zero-order valence-corrected chi connectivity index (χ0v) is 35.4. The topological polar surface area (TPSA) is 147 Å². The largest absolute Gasteiger partial charge is 0.492 e. The number of carbonyl (C=O) groups excluding carboxylic acids is 5. The number of piperidine rings is 1. The second-order valence-corrected chi connectivity index (χ2v) is 15.6. The van der Waals surface area contributed by atoms with Crippen LogP contribution in [-0.4, -0.2) is 128 Å². The first kappa shape index (κ1) is 44.2. The smallest absolute Gasteiger partial charge is 0.264 e. The summed E-state index contributed by atoms with van der Waals surface area (Å²) in [7, 11) is 0. The molecule has 2 N–H and O–H groups in total. The van der Waals surface area contributed by atoms with Crippen LogP contribution in [0.4, 0.5) is 5.69 Å². The molecule has 3 heterocycles. The van der Waals surface area contributed by atoms with Crippen molar-refractivity contribution in [3.8, 4) is 5.75 Å². The minimum atomic E-state index is -1.02. The van der Waals surface area contributed by atoms with Crippen LogP contribution < -0.4 is 15.4 Å². The van der Waals surface area contributed by atoms with Gasteiger partial charge in [0.2, 0.25) is 17.7 Å². The normalized spacial score (nSPS) is 17.1. The van der Waals surface area contributed by atoms with Gasteiger partial charge in [-0.05, 0) is 64.9 Å². The van der Waals surface area contributed by atoms with Crippen LogP contribution in [0.1, 0.15) is 63.1 Å². The number of benzene rings is 4. The molecule has 62 heavy (non-hydrogen) atoms. The standard InChI is InChI=1S/C48H52ClN5O8/c49-22-20-38(34-8-3-1-4-9-34)44(35-10-5-2-6-11-35)36-14-16-37(17-15-36)62-31-28-52-24-26-53(27-25-52)43(56)21-29-60-32-33-61-30-23-50-40-13-7-12-39-45(40)48(59)54(47(39)58)41-18-19-42(55)51-46(41)57/h1-17,41,50H,18-33H2,(H,51,55,57). The van der Waals surface area contributed by atoms with Crippen molar-refractivity contribution in [1.82, 2.24) is 20.0 Å². The quantitative estimate of drug-likeness (QED) is 0.0489. The van der Waals surface area contributed by atoms with E-state index in [1.54, 1.807) is 18.2 Å². The number of nitrogens with zero attached hydrogens (tertiary/aromatic N) is 3. The SMILES string of the molecule is O=C1CCC(N2C(=O)c3cccc(NCCOCCOCCC(=O)N4CCN(CCOc5ccc(C(=C(CCCl)c6ccccc6)c6ccccc6)cc5)CC4)c3C2=O)C(=O)N1. The maximum absolute atomic E-state index is 13.3. The van der Waals surface area contributed by atoms with Crippen LogP contribution in [0.2, 0.25) is 0 Å². The number of halogens is 1. The van der Waals surface area contributed by atoms with Crippen molar-refractivity contribution < 1.29 is 38.2 Å². The van der Waals surface area contributed by atoms with Crippen molar-refractivity contribution in [1.29, 1.82) is 0 Å². The van der Waals surface area contributed by atoms with Gasteiger partial charge < -0.3 is 24.4 Å². The highest BCUT2D eigenvalue weighted by Gasteiger charge is 2.45. The van der Waals surface area contributed by atoms with Crippen LogP contribution in [0.5, 0.6) is 5.75 Å². The van der Waals surface area contributed by atoms with E-state index in [0.29, 0.717) is 70.7 Å². The lowest BCUT2D eigenvalue weighted by Crippen LogP contribution is -2.54. The Labute approximate surface area is 366 Å². The summed E-state index contributed by atoms with van der Waals surface area (Å²) in [6.07, 6.45) is 1.19. The number of anilines is 1. The zero-order chi connectivity index (χ0) is 43.3. The maximum atomic E-state index is 13.3. The van der Waals surface area contributed by atoms with Gasteiger partial charge >= 0.3 is 0 Å². The summed E-state index contributed by atoms with van der Waals surface area (Å²) in [6, 6.07) is 33.0. The molecule has 2 saturated heterocycles. The van der Waals surface area contributed by atoms with Gasteiger partial charge in [0.1, 0.15) is 18.4 Å². The molecule has 0 radical (unpaired) electrons. The lowest BCUT2D eigenvalue weighted by Gasteiger charge is -2.34. The lowest BCUT2D eigenvalue weighted by molar-refractivity contribution is -0.136. The van der Waals surface area contributed by atoms with Crippen LogP contribution >= 0.6 is 11.6 Å². The number of ether oxygens (including phenoxy) is 3. The monoisotopic (exact) mass is 861 g/mol. The van der Waals surface area contributed by atoms with E-state index in [1.807, 2.05) is 29.2 Å². The first-order valence-corrected chi connectivity index (χ1v) is 21.7. The van der Waals surface area contributed by atoms with E-state index >= 15 is 0 Å². The summed E-state index contributed by atoms with van der Waals surface area (Å²) in [6.45, 7) is 5.79. The van der Waals surface area contributed by atoms with Crippen LogP contribution in [0.3, 0.4) is 0 Å². The molecule has 0 spiro atoms. The Hall–Kier alpha value is -5.86. The summed E-state index contributed by atoms with van der Waals surface area (Å²) in [5, 5.41) is 5.35. The van der Waals surface area contributed by atoms with Gasteiger partial charge in [0, 0.05) is 57.3 Å². The first-order chi connectivity index (χ1) is 30.3. The molecular weight excluding hydrogens is 810 g/mol. The number of hydrogen-bond acceptors (Lipinski definition) is 10. The fourth-order valence-corrected chi connectivity index (χ4v) is 8.25. The van der Waals surface area contributed by atoms with Crippen molar-refractivity contribution >= 4 is 58.0 Å². The number of amides is 5. The molecule has 4 aromatic rings. The molecule has 0 bridgehead atoms. The molecule has 5 amide bonds. The van der Waals surface area contributed by atoms with Gasteiger partial charge in [0.25, 0.3) is 11.8 Å². The van der Waals surface area contributed by atoms with Crippen LogP contribution in [-0.2, 0) is 23.9 Å². The fraction of sp³-hybridized carbons (Fsp3) is 0.354. The molecule has 4 aromatic carbocycles. The molecule has 1 unspecified atom stereocenters. The van der Waals surface area contributed by atoms with E-state index in [2.05, 4.69) is 76.2 Å². The van der Waals surface area contributed by atoms with Crippen molar-refractivity contribution in [3.05, 3.63) is 131 Å². The molecule has 3 aliphatic heterocycles. The number of hydrogen-bond donors (Lipinski definition) is 2. The summed E-state index contributed by atoms with van der Waals surface area (Å²) in [4.78, 5) is 68.3. The predicted molar refractivity (Wildman–Crippen MR) is 237 cm³/mol. The Balaban J connectivity index is 0.766. The summed E-state index contributed by atoms with van der Waals surface area (Å²) in [5.41, 5.74) is 6.65. The average Bonchev–Trinajstić information content (AvgIpc) is 3.55. The second kappa shape index (κ2) is 21.8. The molecule has 14 heteroatoms. The third-order valence-electron chi connectivity index (χ3n) is 11.2. The molecular formula is C48H52ClN5O8. The van der Waals surface area contributed by atoms with Gasteiger partial charge in [-0.15, -0.1) is 11.6 Å². The molecule has 0 saturated carbocycles. The zero-order valence-electron chi connectivity index (χ0n) is 34.7. The van der Waals surface area contributed by atoms with E-state index in [-0.39, 0.29) is 29.9 Å². The Bertz CT molecular complexity index is 2230.